The average Bonchev–Trinajstić information content (AvgIpc) is 2.62. The highest BCUT2D eigenvalue weighted by Crippen LogP contribution is 2.41. The van der Waals surface area contributed by atoms with Gasteiger partial charge in [-0.25, -0.2) is 9.59 Å². The number of esters is 2. The molecule has 0 amide bonds. The molecule has 0 spiro atoms. The van der Waals surface area contributed by atoms with Crippen molar-refractivity contribution in [3.8, 4) is 5.75 Å². The Hall–Kier alpha value is -2.27. The lowest BCUT2D eigenvalue weighted by atomic mass is 9.81. The SMILES string of the molecule is CCOC(=O)c1cccc(OC(=O)c2ccc3c(c2)C(C)(C)CCS3)c1. The van der Waals surface area contributed by atoms with E-state index >= 15 is 0 Å². The van der Waals surface area contributed by atoms with E-state index in [4.69, 9.17) is 9.47 Å². The fourth-order valence-electron chi connectivity index (χ4n) is 2.93. The largest absolute Gasteiger partial charge is 0.462 e. The molecule has 136 valence electrons. The number of fused-ring (bicyclic) bond motifs is 1. The molecule has 26 heavy (non-hydrogen) atoms. The summed E-state index contributed by atoms with van der Waals surface area (Å²) in [6, 6.07) is 12.2. The number of rotatable bonds is 4. The summed E-state index contributed by atoms with van der Waals surface area (Å²) >= 11 is 1.82. The van der Waals surface area contributed by atoms with Crippen LogP contribution >= 0.6 is 11.8 Å². The molecular weight excluding hydrogens is 348 g/mol. The van der Waals surface area contributed by atoms with E-state index in [-0.39, 0.29) is 5.41 Å². The molecule has 0 unspecified atom stereocenters. The monoisotopic (exact) mass is 370 g/mol. The first-order valence-corrected chi connectivity index (χ1v) is 9.66. The molecule has 2 aromatic carbocycles. The van der Waals surface area contributed by atoms with Crippen molar-refractivity contribution in [1.29, 1.82) is 0 Å². The maximum atomic E-state index is 12.6. The summed E-state index contributed by atoms with van der Waals surface area (Å²) in [6.07, 6.45) is 1.07. The molecule has 1 aliphatic rings. The van der Waals surface area contributed by atoms with Gasteiger partial charge in [-0.15, -0.1) is 11.8 Å². The van der Waals surface area contributed by atoms with Gasteiger partial charge < -0.3 is 9.47 Å². The minimum atomic E-state index is -0.432. The highest BCUT2D eigenvalue weighted by Gasteiger charge is 2.28. The Balaban J connectivity index is 1.81. The molecule has 0 aromatic heterocycles. The topological polar surface area (TPSA) is 52.6 Å². The zero-order chi connectivity index (χ0) is 18.7. The summed E-state index contributed by atoms with van der Waals surface area (Å²) in [7, 11) is 0. The number of benzene rings is 2. The average molecular weight is 370 g/mol. The molecule has 0 saturated heterocycles. The second-order valence-electron chi connectivity index (χ2n) is 6.83. The number of carbonyl (C=O) groups is 2. The van der Waals surface area contributed by atoms with Gasteiger partial charge in [0.05, 0.1) is 17.7 Å². The van der Waals surface area contributed by atoms with Crippen LogP contribution in [0.2, 0.25) is 0 Å². The van der Waals surface area contributed by atoms with E-state index in [9.17, 15) is 9.59 Å². The van der Waals surface area contributed by atoms with E-state index in [0.29, 0.717) is 23.5 Å². The predicted molar refractivity (Wildman–Crippen MR) is 102 cm³/mol. The van der Waals surface area contributed by atoms with E-state index in [1.165, 1.54) is 16.5 Å². The van der Waals surface area contributed by atoms with Crippen molar-refractivity contribution in [3.63, 3.8) is 0 Å². The smallest absolute Gasteiger partial charge is 0.343 e. The summed E-state index contributed by atoms with van der Waals surface area (Å²) in [6.45, 7) is 6.44. The van der Waals surface area contributed by atoms with Crippen LogP contribution in [0.3, 0.4) is 0 Å². The second kappa shape index (κ2) is 7.54. The first-order chi connectivity index (χ1) is 12.4. The Morgan fingerprint density at radius 2 is 1.85 bits per heavy atom. The third-order valence-electron chi connectivity index (χ3n) is 4.48. The van der Waals surface area contributed by atoms with Gasteiger partial charge in [0.25, 0.3) is 0 Å². The molecule has 2 aromatic rings. The molecule has 3 rings (SSSR count). The fourth-order valence-corrected chi connectivity index (χ4v) is 4.42. The molecule has 0 radical (unpaired) electrons. The van der Waals surface area contributed by atoms with Crippen LogP contribution in [-0.4, -0.2) is 24.3 Å². The van der Waals surface area contributed by atoms with Crippen LogP contribution in [0.4, 0.5) is 0 Å². The molecular formula is C21H22O4S. The van der Waals surface area contributed by atoms with Gasteiger partial charge in [0.1, 0.15) is 5.75 Å². The second-order valence-corrected chi connectivity index (χ2v) is 7.97. The quantitative estimate of drug-likeness (QED) is 0.568. The van der Waals surface area contributed by atoms with Crippen LogP contribution in [-0.2, 0) is 10.2 Å². The van der Waals surface area contributed by atoms with Crippen LogP contribution in [0.1, 0.15) is 53.5 Å². The van der Waals surface area contributed by atoms with Gasteiger partial charge in [0, 0.05) is 4.90 Å². The Kier molecular flexibility index (Phi) is 5.37. The highest BCUT2D eigenvalue weighted by molar-refractivity contribution is 7.99. The normalized spacial score (nSPS) is 15.0. The molecule has 0 fully saturated rings. The maximum absolute atomic E-state index is 12.6. The van der Waals surface area contributed by atoms with Crippen molar-refractivity contribution in [2.75, 3.05) is 12.4 Å². The van der Waals surface area contributed by atoms with Crippen molar-refractivity contribution < 1.29 is 19.1 Å². The van der Waals surface area contributed by atoms with Gasteiger partial charge in [0.2, 0.25) is 0 Å². The van der Waals surface area contributed by atoms with Gasteiger partial charge in [-0.05, 0) is 66.5 Å². The predicted octanol–water partition coefficient (Wildman–Crippen LogP) is 4.86. The zero-order valence-electron chi connectivity index (χ0n) is 15.2. The van der Waals surface area contributed by atoms with Crippen molar-refractivity contribution in [1.82, 2.24) is 0 Å². The molecule has 1 heterocycles. The van der Waals surface area contributed by atoms with E-state index in [1.807, 2.05) is 23.9 Å². The van der Waals surface area contributed by atoms with E-state index in [0.717, 1.165) is 12.2 Å². The molecule has 0 atom stereocenters. The Morgan fingerprint density at radius 3 is 2.62 bits per heavy atom. The summed E-state index contributed by atoms with van der Waals surface area (Å²) in [5.74, 6) is 0.551. The van der Waals surface area contributed by atoms with E-state index < -0.39 is 11.9 Å². The molecule has 4 nitrogen and oxygen atoms in total. The molecule has 0 bridgehead atoms. The van der Waals surface area contributed by atoms with Crippen LogP contribution < -0.4 is 4.74 Å². The first kappa shape index (κ1) is 18.5. The Morgan fingerprint density at radius 1 is 1.08 bits per heavy atom. The number of ether oxygens (including phenoxy) is 2. The third-order valence-corrected chi connectivity index (χ3v) is 5.56. The van der Waals surface area contributed by atoms with Gasteiger partial charge in [-0.2, -0.15) is 0 Å². The Bertz CT molecular complexity index is 842. The number of thioether (sulfide) groups is 1. The maximum Gasteiger partial charge on any atom is 0.343 e. The third kappa shape index (κ3) is 3.93. The van der Waals surface area contributed by atoms with Gasteiger partial charge in [0.15, 0.2) is 0 Å². The van der Waals surface area contributed by atoms with Crippen LogP contribution in [0.25, 0.3) is 0 Å². The van der Waals surface area contributed by atoms with Crippen LogP contribution in [0.5, 0.6) is 5.75 Å². The molecule has 1 aliphatic heterocycles. The van der Waals surface area contributed by atoms with Crippen LogP contribution in [0.15, 0.2) is 47.4 Å². The van der Waals surface area contributed by atoms with Gasteiger partial charge in [-0.3, -0.25) is 0 Å². The molecule has 0 N–H and O–H groups in total. The standard InChI is InChI=1S/C21H22O4S/c1-4-24-19(22)14-6-5-7-16(12-14)25-20(23)15-8-9-18-17(13-15)21(2,3)10-11-26-18/h5-9,12-13H,4,10-11H2,1-3H3. The van der Waals surface area contributed by atoms with Crippen molar-refractivity contribution in [3.05, 3.63) is 59.2 Å². The zero-order valence-corrected chi connectivity index (χ0v) is 16.0. The number of carbonyl (C=O) groups excluding carboxylic acids is 2. The van der Waals surface area contributed by atoms with Gasteiger partial charge in [-0.1, -0.05) is 19.9 Å². The van der Waals surface area contributed by atoms with Crippen molar-refractivity contribution in [2.24, 2.45) is 0 Å². The first-order valence-electron chi connectivity index (χ1n) is 8.67. The number of hydrogen-bond acceptors (Lipinski definition) is 5. The van der Waals surface area contributed by atoms with Crippen LogP contribution in [0, 0.1) is 0 Å². The summed E-state index contributed by atoms with van der Waals surface area (Å²) in [5.41, 5.74) is 2.10. The van der Waals surface area contributed by atoms with Crippen molar-refractivity contribution >= 4 is 23.7 Å². The van der Waals surface area contributed by atoms with Crippen molar-refractivity contribution in [2.45, 2.75) is 37.5 Å². The van der Waals surface area contributed by atoms with E-state index in [2.05, 4.69) is 13.8 Å². The minimum absolute atomic E-state index is 0.0424. The summed E-state index contributed by atoms with van der Waals surface area (Å²) < 4.78 is 10.5. The van der Waals surface area contributed by atoms with E-state index in [1.54, 1.807) is 31.2 Å². The number of hydrogen-bond donors (Lipinski definition) is 0. The molecule has 0 saturated carbocycles. The molecule has 0 aliphatic carbocycles. The highest BCUT2D eigenvalue weighted by atomic mass is 32.2. The van der Waals surface area contributed by atoms with Gasteiger partial charge >= 0.3 is 11.9 Å². The fraction of sp³-hybridized carbons (Fsp3) is 0.333. The summed E-state index contributed by atoms with van der Waals surface area (Å²) in [5, 5.41) is 0. The molecule has 5 heteroatoms. The Labute approximate surface area is 157 Å². The lowest BCUT2D eigenvalue weighted by Crippen LogP contribution is -2.23. The minimum Gasteiger partial charge on any atom is -0.462 e. The lowest BCUT2D eigenvalue weighted by molar-refractivity contribution is 0.0524. The lowest BCUT2D eigenvalue weighted by Gasteiger charge is -2.32. The summed E-state index contributed by atoms with van der Waals surface area (Å²) in [4.78, 5) is 25.6.